The van der Waals surface area contributed by atoms with Gasteiger partial charge in [0.05, 0.1) is 33.4 Å². The van der Waals surface area contributed by atoms with Crippen LogP contribution in [0, 0.1) is 5.82 Å². The molecule has 3 unspecified atom stereocenters. The van der Waals surface area contributed by atoms with Crippen molar-refractivity contribution in [3.05, 3.63) is 41.8 Å². The minimum atomic E-state index is -0.343. The van der Waals surface area contributed by atoms with Gasteiger partial charge in [0.2, 0.25) is 12.8 Å². The first-order valence-electron chi connectivity index (χ1n) is 12.2. The Balaban J connectivity index is 0.000000564. The average molecular weight is 494 g/mol. The lowest BCUT2D eigenvalue weighted by molar-refractivity contribution is -0.893. The molecule has 9 heteroatoms. The van der Waals surface area contributed by atoms with E-state index in [0.717, 1.165) is 28.6 Å². The van der Waals surface area contributed by atoms with Crippen LogP contribution in [0.25, 0.3) is 11.3 Å². The highest BCUT2D eigenvalue weighted by Crippen LogP contribution is 2.23. The maximum Gasteiger partial charge on any atom is 0.209 e. The van der Waals surface area contributed by atoms with Gasteiger partial charge in [-0.15, -0.1) is 0 Å². The quantitative estimate of drug-likeness (QED) is 0.365. The van der Waals surface area contributed by atoms with Crippen molar-refractivity contribution < 1.29 is 18.5 Å². The molecule has 1 aromatic heterocycles. The van der Waals surface area contributed by atoms with Crippen molar-refractivity contribution in [1.29, 1.82) is 0 Å². The van der Waals surface area contributed by atoms with E-state index in [1.165, 1.54) is 23.7 Å². The fourth-order valence-electron chi connectivity index (χ4n) is 2.98. The highest BCUT2D eigenvalue weighted by atomic mass is 19.1. The first-order valence-corrected chi connectivity index (χ1v) is 12.2. The summed E-state index contributed by atoms with van der Waals surface area (Å²) in [4.78, 5) is 22.4. The van der Waals surface area contributed by atoms with E-state index in [9.17, 15) is 14.0 Å². The van der Waals surface area contributed by atoms with Crippen LogP contribution >= 0.6 is 0 Å². The Bertz CT molecular complexity index is 842. The number of quaternary nitrogens is 1. The smallest absolute Gasteiger partial charge is 0.209 e. The van der Waals surface area contributed by atoms with Crippen LogP contribution in [0.5, 0.6) is 0 Å². The average Bonchev–Trinajstić information content (AvgIpc) is 3.39. The minimum Gasteiger partial charge on any atom is -0.352 e. The van der Waals surface area contributed by atoms with Gasteiger partial charge < -0.3 is 14.7 Å². The van der Waals surface area contributed by atoms with Crippen molar-refractivity contribution in [2.45, 2.75) is 65.7 Å². The van der Waals surface area contributed by atoms with E-state index in [2.05, 4.69) is 38.5 Å². The summed E-state index contributed by atoms with van der Waals surface area (Å²) in [6.07, 6.45) is 5.40. The Morgan fingerprint density at radius 1 is 1.17 bits per heavy atom. The SMILES string of the molecule is CC.CC(N)[N+](C)(C)C.CC(NC=O)c1ccc(-c2c(F)cnn2C)cc1.CC1CCCN1C=O. The lowest BCUT2D eigenvalue weighted by atomic mass is 10.0. The molecule has 0 spiro atoms. The minimum absolute atomic E-state index is 0.0621. The topological polar surface area (TPSA) is 93.2 Å². The van der Waals surface area contributed by atoms with E-state index in [0.29, 0.717) is 18.1 Å². The number of likely N-dealkylation sites (tertiary alicyclic amines) is 1. The molecule has 2 aromatic rings. The van der Waals surface area contributed by atoms with Gasteiger partial charge in [-0.1, -0.05) is 38.1 Å². The predicted molar refractivity (Wildman–Crippen MR) is 141 cm³/mol. The number of benzene rings is 1. The van der Waals surface area contributed by atoms with Gasteiger partial charge in [0.15, 0.2) is 5.82 Å². The van der Waals surface area contributed by atoms with E-state index in [1.807, 2.05) is 56.9 Å². The molecule has 1 aromatic carbocycles. The zero-order chi connectivity index (χ0) is 27.2. The molecule has 198 valence electrons. The van der Waals surface area contributed by atoms with Gasteiger partial charge in [0.25, 0.3) is 0 Å². The molecule has 8 nitrogen and oxygen atoms in total. The Morgan fingerprint density at radius 2 is 1.71 bits per heavy atom. The van der Waals surface area contributed by atoms with Crippen molar-refractivity contribution >= 4 is 12.8 Å². The van der Waals surface area contributed by atoms with E-state index in [1.54, 1.807) is 7.05 Å². The van der Waals surface area contributed by atoms with E-state index >= 15 is 0 Å². The zero-order valence-corrected chi connectivity index (χ0v) is 23.0. The monoisotopic (exact) mass is 493 g/mol. The number of nitrogens with zero attached hydrogens (tertiary/aromatic N) is 4. The molecule has 2 heterocycles. The summed E-state index contributed by atoms with van der Waals surface area (Å²) in [5.41, 5.74) is 7.72. The van der Waals surface area contributed by atoms with Gasteiger partial charge in [0.1, 0.15) is 11.9 Å². The number of aromatic nitrogens is 2. The van der Waals surface area contributed by atoms with Crippen molar-refractivity contribution in [2.75, 3.05) is 27.7 Å². The molecule has 3 atom stereocenters. The van der Waals surface area contributed by atoms with Crippen molar-refractivity contribution in [2.24, 2.45) is 12.8 Å². The number of hydrogen-bond acceptors (Lipinski definition) is 4. The maximum atomic E-state index is 13.5. The number of nitrogens with one attached hydrogen (secondary N) is 1. The predicted octanol–water partition coefficient (Wildman–Crippen LogP) is 3.68. The summed E-state index contributed by atoms with van der Waals surface area (Å²) < 4.78 is 15.9. The molecule has 0 radical (unpaired) electrons. The van der Waals surface area contributed by atoms with Crippen LogP contribution < -0.4 is 11.1 Å². The van der Waals surface area contributed by atoms with Gasteiger partial charge in [0, 0.05) is 32.1 Å². The molecule has 3 rings (SSSR count). The number of aryl methyl sites for hydroxylation is 1. The molecule has 1 aliphatic heterocycles. The largest absolute Gasteiger partial charge is 0.352 e. The molecule has 0 bridgehead atoms. The number of halogens is 1. The van der Waals surface area contributed by atoms with Crippen LogP contribution in [0.3, 0.4) is 0 Å². The fraction of sp³-hybridized carbons (Fsp3) is 0.577. The standard InChI is InChI=1S/C13H14FN3O.C6H11NO.C5H15N2.C2H6/c1-9(15-8-18)10-3-5-11(6-4-10)13-12(14)7-16-17(13)2;1-6-3-2-4-7(6)5-8;1-5(6)7(2,3)4;1-2/h3-9H,1-2H3,(H,15,18);5-6H,2-4H2,1H3;5H,6H2,1-4H3;1-2H3/q;;+1;. The summed E-state index contributed by atoms with van der Waals surface area (Å²) in [5, 5.41) is 6.53. The van der Waals surface area contributed by atoms with E-state index in [-0.39, 0.29) is 18.0 Å². The number of carbonyl (C=O) groups excluding carboxylic acids is 2. The molecular weight excluding hydrogens is 447 g/mol. The highest BCUT2D eigenvalue weighted by molar-refractivity contribution is 5.60. The zero-order valence-electron chi connectivity index (χ0n) is 23.0. The van der Waals surface area contributed by atoms with E-state index in [4.69, 9.17) is 5.73 Å². The molecule has 3 N–H and O–H groups in total. The fourth-order valence-corrected chi connectivity index (χ4v) is 2.98. The van der Waals surface area contributed by atoms with Gasteiger partial charge >= 0.3 is 0 Å². The van der Waals surface area contributed by atoms with Crippen LogP contribution in [-0.4, -0.2) is 71.9 Å². The molecule has 0 saturated carbocycles. The molecule has 1 saturated heterocycles. The third kappa shape index (κ3) is 11.0. The van der Waals surface area contributed by atoms with Crippen LogP contribution in [0.4, 0.5) is 4.39 Å². The van der Waals surface area contributed by atoms with Crippen LogP contribution in [0.15, 0.2) is 30.5 Å². The lowest BCUT2D eigenvalue weighted by Crippen LogP contribution is -2.48. The molecular formula is C26H46FN6O2+. The summed E-state index contributed by atoms with van der Waals surface area (Å²) in [6, 6.07) is 7.79. The summed E-state index contributed by atoms with van der Waals surface area (Å²) in [7, 11) is 7.92. The van der Waals surface area contributed by atoms with Crippen LogP contribution in [0.1, 0.15) is 59.1 Å². The Hall–Kier alpha value is -2.78. The van der Waals surface area contributed by atoms with Gasteiger partial charge in [-0.05, 0) is 32.3 Å². The first-order chi connectivity index (χ1) is 16.4. The second-order valence-electron chi connectivity index (χ2n) is 9.28. The second kappa shape index (κ2) is 16.0. The van der Waals surface area contributed by atoms with Crippen molar-refractivity contribution in [3.8, 4) is 11.3 Å². The number of nitrogens with two attached hydrogens (primary N) is 1. The number of hydrogen-bond donors (Lipinski definition) is 2. The van der Waals surface area contributed by atoms with E-state index < -0.39 is 0 Å². The van der Waals surface area contributed by atoms with Crippen LogP contribution in [0.2, 0.25) is 0 Å². The lowest BCUT2D eigenvalue weighted by Gasteiger charge is -2.27. The Labute approximate surface area is 210 Å². The molecule has 2 amide bonds. The second-order valence-corrected chi connectivity index (χ2v) is 9.28. The van der Waals surface area contributed by atoms with Crippen molar-refractivity contribution in [3.63, 3.8) is 0 Å². The van der Waals surface area contributed by atoms with Gasteiger partial charge in [-0.25, -0.2) is 4.39 Å². The number of rotatable bonds is 6. The van der Waals surface area contributed by atoms with Crippen molar-refractivity contribution in [1.82, 2.24) is 20.0 Å². The Kier molecular flexibility index (Phi) is 14.7. The van der Waals surface area contributed by atoms with Crippen LogP contribution in [-0.2, 0) is 16.6 Å². The number of amides is 2. The maximum absolute atomic E-state index is 13.5. The summed E-state index contributed by atoms with van der Waals surface area (Å²) >= 11 is 0. The Morgan fingerprint density at radius 3 is 2.03 bits per heavy atom. The molecule has 0 aliphatic carbocycles. The molecule has 1 aliphatic rings. The summed E-state index contributed by atoms with van der Waals surface area (Å²) in [6.45, 7) is 10.9. The summed E-state index contributed by atoms with van der Waals surface area (Å²) in [5.74, 6) is -0.343. The van der Waals surface area contributed by atoms with Gasteiger partial charge in [-0.2, -0.15) is 5.10 Å². The molecule has 1 fully saturated rings. The highest BCUT2D eigenvalue weighted by Gasteiger charge is 2.17. The third-order valence-electron chi connectivity index (χ3n) is 5.86. The molecule has 35 heavy (non-hydrogen) atoms. The van der Waals surface area contributed by atoms with Gasteiger partial charge in [-0.3, -0.25) is 20.0 Å². The normalized spacial score (nSPS) is 16.3. The first kappa shape index (κ1) is 32.2. The third-order valence-corrected chi connectivity index (χ3v) is 5.86. The number of carbonyl (C=O) groups is 2.